The lowest BCUT2D eigenvalue weighted by Crippen LogP contribution is -2.34. The number of ether oxygens (including phenoxy) is 1. The molecule has 6 heteroatoms. The highest BCUT2D eigenvalue weighted by molar-refractivity contribution is 7.84. The van der Waals surface area contributed by atoms with E-state index in [4.69, 9.17) is 4.74 Å². The molecule has 0 fully saturated rings. The summed E-state index contributed by atoms with van der Waals surface area (Å²) in [6.45, 7) is 13.2. The average Bonchev–Trinajstić information content (AvgIpc) is 2.74. The molecule has 1 rings (SSSR count). The van der Waals surface area contributed by atoms with Crippen LogP contribution in [0, 0.1) is 0 Å². The summed E-state index contributed by atoms with van der Waals surface area (Å²) in [5.74, 6) is -0.317. The van der Waals surface area contributed by atoms with Gasteiger partial charge >= 0.3 is 5.97 Å². The zero-order valence-electron chi connectivity index (χ0n) is 13.8. The molecule has 0 amide bonds. The Hall–Kier alpha value is -0.720. The van der Waals surface area contributed by atoms with E-state index < -0.39 is 16.6 Å². The van der Waals surface area contributed by atoms with Crippen LogP contribution in [-0.2, 0) is 15.7 Å². The fourth-order valence-electron chi connectivity index (χ4n) is 1.42. The summed E-state index contributed by atoms with van der Waals surface area (Å²) in [5, 5.41) is 0. The number of thiophene rings is 1. The molecule has 21 heavy (non-hydrogen) atoms. The Balaban J connectivity index is 2.75. The van der Waals surface area contributed by atoms with Crippen molar-refractivity contribution in [3.63, 3.8) is 0 Å². The van der Waals surface area contributed by atoms with Crippen LogP contribution in [0.15, 0.2) is 12.1 Å². The summed E-state index contributed by atoms with van der Waals surface area (Å²) in [6.07, 6.45) is 0. The molecule has 0 aliphatic rings. The third-order valence-corrected chi connectivity index (χ3v) is 5.42. The van der Waals surface area contributed by atoms with Gasteiger partial charge in [0.1, 0.15) is 10.5 Å². The molecular weight excluding hydrogens is 306 g/mol. The molecule has 0 unspecified atom stereocenters. The van der Waals surface area contributed by atoms with Crippen LogP contribution in [0.3, 0.4) is 0 Å². The maximum Gasteiger partial charge on any atom is 0.348 e. The first-order valence-corrected chi connectivity index (χ1v) is 8.88. The molecule has 1 N–H and O–H groups in total. The topological polar surface area (TPSA) is 55.4 Å². The first-order valence-electron chi connectivity index (χ1n) is 6.91. The van der Waals surface area contributed by atoms with Gasteiger partial charge < -0.3 is 4.74 Å². The predicted octanol–water partition coefficient (Wildman–Crippen LogP) is 3.82. The smallest absolute Gasteiger partial charge is 0.348 e. The second-order valence-corrected chi connectivity index (χ2v) is 10.0. The fourth-order valence-corrected chi connectivity index (χ4v) is 3.18. The Labute approximate surface area is 133 Å². The van der Waals surface area contributed by atoms with Crippen molar-refractivity contribution >= 4 is 28.3 Å². The first-order chi connectivity index (χ1) is 9.40. The normalized spacial score (nSPS) is 15.6. The minimum absolute atomic E-state index is 0.0776. The molecule has 0 radical (unpaired) electrons. The van der Waals surface area contributed by atoms with Crippen molar-refractivity contribution < 1.29 is 13.7 Å². The third kappa shape index (κ3) is 5.88. The Kier molecular flexibility index (Phi) is 5.75. The molecule has 0 aromatic carbocycles. The number of hydrogen-bond acceptors (Lipinski definition) is 4. The second-order valence-electron chi connectivity index (χ2n) is 6.92. The van der Waals surface area contributed by atoms with Crippen LogP contribution in [0.4, 0.5) is 0 Å². The minimum Gasteiger partial charge on any atom is -0.456 e. The summed E-state index contributed by atoms with van der Waals surface area (Å²) in [5.41, 5.74) is -0.501. The third-order valence-electron chi connectivity index (χ3n) is 2.49. The number of carbonyl (C=O) groups excluding carboxylic acids is 1. The number of carbonyl (C=O) groups is 1. The fraction of sp³-hybridized carbons (Fsp3) is 0.667. The van der Waals surface area contributed by atoms with E-state index in [-0.39, 0.29) is 16.8 Å². The zero-order chi connectivity index (χ0) is 16.4. The largest absolute Gasteiger partial charge is 0.456 e. The van der Waals surface area contributed by atoms with Crippen molar-refractivity contribution in [1.82, 2.24) is 4.72 Å². The molecule has 1 heterocycles. The monoisotopic (exact) mass is 331 g/mol. The standard InChI is InChI=1S/C15H25NO3S2/c1-10(16-21(18)15(5,6)7)11-8-9-12(20-11)13(17)19-14(2,3)4/h8-10,16H,1-7H3/t10-,21-/m1/s1. The number of hydrogen-bond donors (Lipinski definition) is 1. The molecular formula is C15H25NO3S2. The quantitative estimate of drug-likeness (QED) is 0.853. The van der Waals surface area contributed by atoms with Gasteiger partial charge in [-0.1, -0.05) is 0 Å². The van der Waals surface area contributed by atoms with Crippen molar-refractivity contribution in [2.24, 2.45) is 0 Å². The van der Waals surface area contributed by atoms with Crippen molar-refractivity contribution in [2.75, 3.05) is 0 Å². The SMILES string of the molecule is C[C@@H](N[S@](=O)C(C)(C)C)c1ccc(C(=O)OC(C)(C)C)s1. The summed E-state index contributed by atoms with van der Waals surface area (Å²) in [7, 11) is -1.14. The van der Waals surface area contributed by atoms with Crippen LogP contribution in [-0.4, -0.2) is 20.5 Å². The van der Waals surface area contributed by atoms with Gasteiger partial charge in [-0.05, 0) is 60.6 Å². The van der Waals surface area contributed by atoms with E-state index >= 15 is 0 Å². The second kappa shape index (κ2) is 6.58. The van der Waals surface area contributed by atoms with Gasteiger partial charge in [-0.25, -0.2) is 13.7 Å². The van der Waals surface area contributed by atoms with Crippen LogP contribution < -0.4 is 4.72 Å². The highest BCUT2D eigenvalue weighted by Gasteiger charge is 2.24. The Bertz CT molecular complexity index is 524. The molecule has 0 aliphatic heterocycles. The molecule has 0 spiro atoms. The van der Waals surface area contributed by atoms with E-state index in [0.717, 1.165) is 4.88 Å². The molecule has 0 aliphatic carbocycles. The van der Waals surface area contributed by atoms with Crippen molar-refractivity contribution in [2.45, 2.75) is 64.9 Å². The van der Waals surface area contributed by atoms with E-state index in [9.17, 15) is 9.00 Å². The van der Waals surface area contributed by atoms with Crippen LogP contribution in [0.25, 0.3) is 0 Å². The van der Waals surface area contributed by atoms with Crippen molar-refractivity contribution in [1.29, 1.82) is 0 Å². The summed E-state index contributed by atoms with van der Waals surface area (Å²) in [4.78, 5) is 13.5. The molecule has 120 valence electrons. The lowest BCUT2D eigenvalue weighted by atomic mass is 10.2. The van der Waals surface area contributed by atoms with Gasteiger partial charge in [0.2, 0.25) is 0 Å². The van der Waals surface area contributed by atoms with Crippen molar-refractivity contribution in [3.8, 4) is 0 Å². The van der Waals surface area contributed by atoms with E-state index in [1.165, 1.54) is 11.3 Å². The van der Waals surface area contributed by atoms with Gasteiger partial charge in [0, 0.05) is 4.88 Å². The molecule has 1 aromatic rings. The maximum atomic E-state index is 12.1. The Morgan fingerprint density at radius 2 is 1.81 bits per heavy atom. The highest BCUT2D eigenvalue weighted by atomic mass is 32.2. The molecule has 4 nitrogen and oxygen atoms in total. The highest BCUT2D eigenvalue weighted by Crippen LogP contribution is 2.26. The molecule has 0 bridgehead atoms. The van der Waals surface area contributed by atoms with Gasteiger partial charge in [-0.3, -0.25) is 0 Å². The van der Waals surface area contributed by atoms with Crippen LogP contribution in [0.2, 0.25) is 0 Å². The lowest BCUT2D eigenvalue weighted by molar-refractivity contribution is 0.00752. The average molecular weight is 332 g/mol. The van der Waals surface area contributed by atoms with Crippen LogP contribution in [0.5, 0.6) is 0 Å². The van der Waals surface area contributed by atoms with E-state index in [1.54, 1.807) is 6.07 Å². The Morgan fingerprint density at radius 1 is 1.24 bits per heavy atom. The summed E-state index contributed by atoms with van der Waals surface area (Å²) in [6, 6.07) is 3.56. The van der Waals surface area contributed by atoms with Gasteiger partial charge in [-0.15, -0.1) is 11.3 Å². The molecule has 1 aromatic heterocycles. The van der Waals surface area contributed by atoms with Gasteiger partial charge in [0.25, 0.3) is 0 Å². The van der Waals surface area contributed by atoms with Gasteiger partial charge in [-0.2, -0.15) is 0 Å². The molecule has 2 atom stereocenters. The maximum absolute atomic E-state index is 12.1. The number of nitrogens with one attached hydrogen (secondary N) is 1. The van der Waals surface area contributed by atoms with Crippen LogP contribution in [0.1, 0.15) is 69.1 Å². The summed E-state index contributed by atoms with van der Waals surface area (Å²) >= 11 is 1.37. The summed E-state index contributed by atoms with van der Waals surface area (Å²) < 4.78 is 20.2. The van der Waals surface area contributed by atoms with Crippen LogP contribution >= 0.6 is 11.3 Å². The first kappa shape index (κ1) is 18.3. The Morgan fingerprint density at radius 3 is 2.29 bits per heavy atom. The molecule has 0 saturated carbocycles. The minimum atomic E-state index is -1.14. The van der Waals surface area contributed by atoms with Gasteiger partial charge in [0.05, 0.1) is 21.8 Å². The zero-order valence-corrected chi connectivity index (χ0v) is 15.4. The van der Waals surface area contributed by atoms with E-state index in [1.807, 2.05) is 54.5 Å². The number of esters is 1. The van der Waals surface area contributed by atoms with Crippen molar-refractivity contribution in [3.05, 3.63) is 21.9 Å². The molecule has 0 saturated heterocycles. The predicted molar refractivity (Wildman–Crippen MR) is 88.9 cm³/mol. The van der Waals surface area contributed by atoms with E-state index in [0.29, 0.717) is 4.88 Å². The van der Waals surface area contributed by atoms with Gasteiger partial charge in [0.15, 0.2) is 0 Å². The number of rotatable bonds is 4. The lowest BCUT2D eigenvalue weighted by Gasteiger charge is -2.21. The van der Waals surface area contributed by atoms with E-state index in [2.05, 4.69) is 4.72 Å².